The summed E-state index contributed by atoms with van der Waals surface area (Å²) >= 11 is 0. The second-order valence-electron chi connectivity index (χ2n) is 14.0. The zero-order valence-electron chi connectivity index (χ0n) is 31.8. The van der Waals surface area contributed by atoms with E-state index in [1.807, 2.05) is 0 Å². The molecule has 49 heavy (non-hydrogen) atoms. The highest BCUT2D eigenvalue weighted by Gasteiger charge is 2.28. The van der Waals surface area contributed by atoms with Gasteiger partial charge in [-0.2, -0.15) is 0 Å². The highest BCUT2D eigenvalue weighted by Crippen LogP contribution is 2.43. The summed E-state index contributed by atoms with van der Waals surface area (Å²) in [5.74, 6) is -0.419. The van der Waals surface area contributed by atoms with Gasteiger partial charge >= 0.3 is 7.82 Å². The Morgan fingerprint density at radius 3 is 1.57 bits per heavy atom. The largest absolute Gasteiger partial charge is 0.472 e. The monoisotopic (exact) mass is 719 g/mol. The van der Waals surface area contributed by atoms with Crippen LogP contribution in [0.15, 0.2) is 12.2 Å². The van der Waals surface area contributed by atoms with Crippen molar-refractivity contribution in [3.8, 4) is 0 Å². The number of aliphatic hydroxyl groups excluding tert-OH is 2. The first kappa shape index (κ1) is 48.2. The van der Waals surface area contributed by atoms with Crippen molar-refractivity contribution in [1.82, 2.24) is 5.32 Å². The molecule has 0 aliphatic heterocycles. The zero-order valence-corrected chi connectivity index (χ0v) is 32.7. The van der Waals surface area contributed by atoms with Crippen molar-refractivity contribution >= 4 is 13.7 Å². The number of rotatable bonds is 38. The fourth-order valence-electron chi connectivity index (χ4n) is 6.06. The molecule has 0 aliphatic rings. The molecule has 1 amide bonds. The molecule has 10 heteroatoms. The maximum absolute atomic E-state index is 12.8. The van der Waals surface area contributed by atoms with Crippen LogP contribution in [0.5, 0.6) is 0 Å². The molecule has 0 saturated heterocycles. The predicted molar refractivity (Wildman–Crippen MR) is 204 cm³/mol. The van der Waals surface area contributed by atoms with E-state index >= 15 is 0 Å². The summed E-state index contributed by atoms with van der Waals surface area (Å²) in [4.78, 5) is 22.7. The lowest BCUT2D eigenvalue weighted by Gasteiger charge is -2.25. The van der Waals surface area contributed by atoms with Gasteiger partial charge < -0.3 is 26.2 Å². The SMILES string of the molecule is CCCCCCCCCC/C=C\CCCCCCCC(O)CC(=O)NC(COP(=O)(O)OCCN)C(O)CCCCCCCCCCCC. The molecule has 4 atom stereocenters. The van der Waals surface area contributed by atoms with Crippen LogP contribution in [0.3, 0.4) is 0 Å². The zero-order chi connectivity index (χ0) is 36.3. The van der Waals surface area contributed by atoms with Crippen LogP contribution in [-0.4, -0.2) is 59.0 Å². The molecule has 0 saturated carbocycles. The third-order valence-corrected chi connectivity index (χ3v) is 10.2. The van der Waals surface area contributed by atoms with Crippen LogP contribution < -0.4 is 11.1 Å². The van der Waals surface area contributed by atoms with Gasteiger partial charge in [-0.3, -0.25) is 13.8 Å². The van der Waals surface area contributed by atoms with Crippen LogP contribution in [0.4, 0.5) is 0 Å². The van der Waals surface area contributed by atoms with E-state index in [0.717, 1.165) is 44.9 Å². The van der Waals surface area contributed by atoms with Crippen molar-refractivity contribution in [1.29, 1.82) is 0 Å². The van der Waals surface area contributed by atoms with Crippen molar-refractivity contribution in [2.24, 2.45) is 5.73 Å². The minimum atomic E-state index is -4.37. The van der Waals surface area contributed by atoms with E-state index < -0.39 is 32.0 Å². The lowest BCUT2D eigenvalue weighted by atomic mass is 10.0. The third kappa shape index (κ3) is 34.1. The van der Waals surface area contributed by atoms with Gasteiger partial charge in [0.05, 0.1) is 37.9 Å². The molecule has 4 unspecified atom stereocenters. The first-order chi connectivity index (χ1) is 23.8. The van der Waals surface area contributed by atoms with Gasteiger partial charge in [0, 0.05) is 6.54 Å². The fraction of sp³-hybridized carbons (Fsp3) is 0.923. The number of aliphatic hydroxyl groups is 2. The Bertz CT molecular complexity index is 801. The third-order valence-electron chi connectivity index (χ3n) is 9.17. The summed E-state index contributed by atoms with van der Waals surface area (Å²) in [6.07, 6.45) is 34.0. The number of carbonyl (C=O) groups excluding carboxylic acids is 1. The second kappa shape index (κ2) is 35.6. The minimum absolute atomic E-state index is 0.0596. The summed E-state index contributed by atoms with van der Waals surface area (Å²) in [7, 11) is -4.37. The molecule has 0 rings (SSSR count). The summed E-state index contributed by atoms with van der Waals surface area (Å²) in [5.41, 5.74) is 5.35. The van der Waals surface area contributed by atoms with Gasteiger partial charge in [0.25, 0.3) is 0 Å². The average Bonchev–Trinajstić information content (AvgIpc) is 3.07. The van der Waals surface area contributed by atoms with E-state index in [4.69, 9.17) is 14.8 Å². The summed E-state index contributed by atoms with van der Waals surface area (Å²) in [6, 6.07) is -0.894. The van der Waals surface area contributed by atoms with Crippen molar-refractivity contribution in [2.75, 3.05) is 19.8 Å². The van der Waals surface area contributed by atoms with Gasteiger partial charge in [0.2, 0.25) is 5.91 Å². The molecule has 0 aromatic heterocycles. The van der Waals surface area contributed by atoms with Gasteiger partial charge in [-0.15, -0.1) is 0 Å². The van der Waals surface area contributed by atoms with Crippen molar-refractivity contribution < 1.29 is 33.5 Å². The molecule has 0 fully saturated rings. The smallest absolute Gasteiger partial charge is 0.393 e. The van der Waals surface area contributed by atoms with E-state index in [2.05, 4.69) is 31.3 Å². The predicted octanol–water partition coefficient (Wildman–Crippen LogP) is 9.80. The number of phosphoric acid groups is 1. The van der Waals surface area contributed by atoms with E-state index in [1.54, 1.807) is 0 Å². The van der Waals surface area contributed by atoms with Gasteiger partial charge in [-0.25, -0.2) is 4.57 Å². The van der Waals surface area contributed by atoms with Crippen LogP contribution in [0, 0.1) is 0 Å². The average molecular weight is 719 g/mol. The Labute approximate surface area is 301 Å². The molecule has 0 bridgehead atoms. The van der Waals surface area contributed by atoms with E-state index in [0.29, 0.717) is 12.8 Å². The standard InChI is InChI=1S/C39H79N2O7P/c1-3-5-7-9-11-13-15-16-17-18-19-20-21-22-24-26-28-30-36(42)34-39(44)41-37(35-48-49(45,46)47-33-32-40)38(43)31-29-27-25-23-14-12-10-8-6-4-2/h18-19,36-38,42-43H,3-17,20-35,40H2,1-2H3,(H,41,44)(H,45,46)/b19-18-. The minimum Gasteiger partial charge on any atom is -0.393 e. The molecule has 9 nitrogen and oxygen atoms in total. The molecule has 0 radical (unpaired) electrons. The number of nitrogens with one attached hydrogen (secondary N) is 1. The Morgan fingerprint density at radius 2 is 1.10 bits per heavy atom. The van der Waals surface area contributed by atoms with Crippen molar-refractivity contribution in [2.45, 2.75) is 212 Å². The number of carbonyl (C=O) groups is 1. The number of allylic oxidation sites excluding steroid dienone is 2. The van der Waals surface area contributed by atoms with Crippen LogP contribution in [0.25, 0.3) is 0 Å². The van der Waals surface area contributed by atoms with E-state index in [1.165, 1.54) is 116 Å². The molecular formula is C39H79N2O7P. The highest BCUT2D eigenvalue weighted by atomic mass is 31.2. The quantitative estimate of drug-likeness (QED) is 0.0240. The first-order valence-electron chi connectivity index (χ1n) is 20.4. The van der Waals surface area contributed by atoms with Crippen LogP contribution in [-0.2, 0) is 18.4 Å². The van der Waals surface area contributed by atoms with Crippen LogP contribution in [0.1, 0.15) is 194 Å². The number of amides is 1. The number of nitrogens with two attached hydrogens (primary N) is 1. The molecule has 6 N–H and O–H groups in total. The lowest BCUT2D eigenvalue weighted by Crippen LogP contribution is -2.47. The molecule has 0 heterocycles. The molecule has 0 aromatic carbocycles. The molecule has 0 aromatic rings. The topological polar surface area (TPSA) is 151 Å². The van der Waals surface area contributed by atoms with Gasteiger partial charge in [0.1, 0.15) is 0 Å². The number of hydrogen-bond acceptors (Lipinski definition) is 7. The molecular weight excluding hydrogens is 639 g/mol. The normalized spacial score (nSPS) is 15.0. The van der Waals surface area contributed by atoms with Crippen molar-refractivity contribution in [3.05, 3.63) is 12.2 Å². The molecule has 0 aliphatic carbocycles. The van der Waals surface area contributed by atoms with Gasteiger partial charge in [-0.1, -0.05) is 161 Å². The number of unbranched alkanes of at least 4 members (excludes halogenated alkanes) is 22. The summed E-state index contributed by atoms with van der Waals surface area (Å²) in [6.45, 7) is 4.02. The van der Waals surface area contributed by atoms with Gasteiger partial charge in [-0.05, 0) is 38.5 Å². The molecule has 0 spiro atoms. The molecule has 292 valence electrons. The second-order valence-corrected chi connectivity index (χ2v) is 15.5. The number of hydrogen-bond donors (Lipinski definition) is 5. The van der Waals surface area contributed by atoms with Crippen molar-refractivity contribution in [3.63, 3.8) is 0 Å². The Kier molecular flexibility index (Phi) is 35.0. The first-order valence-corrected chi connectivity index (χ1v) is 21.9. The van der Waals surface area contributed by atoms with Gasteiger partial charge in [0.15, 0.2) is 0 Å². The van der Waals surface area contributed by atoms with E-state index in [-0.39, 0.29) is 26.2 Å². The summed E-state index contributed by atoms with van der Waals surface area (Å²) < 4.78 is 22.0. The Balaban J connectivity index is 4.26. The lowest BCUT2D eigenvalue weighted by molar-refractivity contribution is -0.125. The fourth-order valence-corrected chi connectivity index (χ4v) is 6.82. The Morgan fingerprint density at radius 1 is 0.673 bits per heavy atom. The van der Waals surface area contributed by atoms with Crippen LogP contribution >= 0.6 is 7.82 Å². The number of phosphoric ester groups is 1. The maximum Gasteiger partial charge on any atom is 0.472 e. The van der Waals surface area contributed by atoms with Crippen LogP contribution in [0.2, 0.25) is 0 Å². The van der Waals surface area contributed by atoms with E-state index in [9.17, 15) is 24.5 Å². The maximum atomic E-state index is 12.8. The Hall–Kier alpha value is -0.800. The summed E-state index contributed by atoms with van der Waals surface area (Å²) in [5, 5.41) is 24.1. The highest BCUT2D eigenvalue weighted by molar-refractivity contribution is 7.47.